The summed E-state index contributed by atoms with van der Waals surface area (Å²) in [7, 11) is 0. The van der Waals surface area contributed by atoms with Gasteiger partial charge in [0.15, 0.2) is 0 Å². The van der Waals surface area contributed by atoms with E-state index in [1.165, 1.54) is 0 Å². The van der Waals surface area contributed by atoms with Crippen molar-refractivity contribution in [3.63, 3.8) is 0 Å². The minimum atomic E-state index is -0.161. The summed E-state index contributed by atoms with van der Waals surface area (Å²) >= 11 is 0. The Morgan fingerprint density at radius 1 is 1.28 bits per heavy atom. The van der Waals surface area contributed by atoms with Gasteiger partial charge in [-0.2, -0.15) is 0 Å². The Hall–Kier alpha value is -1.10. The third kappa shape index (κ3) is 3.22. The quantitative estimate of drug-likeness (QED) is 0.752. The number of carbonyl (C=O) groups is 2. The van der Waals surface area contributed by atoms with E-state index in [4.69, 9.17) is 5.11 Å². The lowest BCUT2D eigenvalue weighted by Gasteiger charge is -2.33. The van der Waals surface area contributed by atoms with Gasteiger partial charge >= 0.3 is 0 Å². The average molecular weight is 254 g/mol. The van der Waals surface area contributed by atoms with Crippen LogP contribution in [0.3, 0.4) is 0 Å². The van der Waals surface area contributed by atoms with Gasteiger partial charge in [0.05, 0.1) is 6.10 Å². The molecule has 2 rings (SSSR count). The fourth-order valence-electron chi connectivity index (χ4n) is 2.71. The van der Waals surface area contributed by atoms with Crippen molar-refractivity contribution in [1.82, 2.24) is 10.2 Å². The lowest BCUT2D eigenvalue weighted by Crippen LogP contribution is -2.44. The molecule has 0 aromatic heterocycles. The number of nitrogens with zero attached hydrogens (tertiary/aromatic N) is 1. The van der Waals surface area contributed by atoms with Crippen LogP contribution in [0.2, 0.25) is 0 Å². The van der Waals surface area contributed by atoms with E-state index < -0.39 is 0 Å². The molecule has 0 radical (unpaired) electrons. The third-order valence-corrected chi connectivity index (χ3v) is 4.09. The highest BCUT2D eigenvalue weighted by Gasteiger charge is 2.29. The normalized spacial score (nSPS) is 28.7. The van der Waals surface area contributed by atoms with Crippen LogP contribution in [0.15, 0.2) is 0 Å². The first-order chi connectivity index (χ1) is 8.56. The van der Waals surface area contributed by atoms with E-state index in [-0.39, 0.29) is 23.8 Å². The topological polar surface area (TPSA) is 69.6 Å². The van der Waals surface area contributed by atoms with E-state index in [0.29, 0.717) is 25.6 Å². The standard InChI is InChI=1S/C13H22N2O3/c1-9(16)15-4-2-11(3-5-15)13(18)14-8-10-6-12(17)7-10/h10-12,17H,2-8H2,1H3,(H,14,18). The van der Waals surface area contributed by atoms with E-state index in [1.807, 2.05) is 0 Å². The van der Waals surface area contributed by atoms with Gasteiger partial charge in [0, 0.05) is 32.5 Å². The number of amides is 2. The molecule has 5 nitrogen and oxygen atoms in total. The number of piperidine rings is 1. The number of hydrogen-bond donors (Lipinski definition) is 2. The molecule has 1 saturated heterocycles. The molecule has 0 bridgehead atoms. The highest BCUT2D eigenvalue weighted by atomic mass is 16.3. The van der Waals surface area contributed by atoms with Crippen LogP contribution in [0, 0.1) is 11.8 Å². The minimum absolute atomic E-state index is 0.0469. The van der Waals surface area contributed by atoms with Gasteiger partial charge in [-0.15, -0.1) is 0 Å². The Morgan fingerprint density at radius 3 is 2.39 bits per heavy atom. The number of hydrogen-bond acceptors (Lipinski definition) is 3. The molecular weight excluding hydrogens is 232 g/mol. The molecule has 0 aromatic carbocycles. The summed E-state index contributed by atoms with van der Waals surface area (Å²) in [5.74, 6) is 0.698. The zero-order chi connectivity index (χ0) is 13.1. The van der Waals surface area contributed by atoms with Crippen LogP contribution in [0.5, 0.6) is 0 Å². The van der Waals surface area contributed by atoms with Crippen LogP contribution in [-0.4, -0.2) is 47.6 Å². The first-order valence-electron chi connectivity index (χ1n) is 6.77. The van der Waals surface area contributed by atoms with Gasteiger partial charge in [0.2, 0.25) is 11.8 Å². The van der Waals surface area contributed by atoms with Crippen molar-refractivity contribution in [3.05, 3.63) is 0 Å². The van der Waals surface area contributed by atoms with Gasteiger partial charge < -0.3 is 15.3 Å². The van der Waals surface area contributed by atoms with E-state index in [0.717, 1.165) is 25.7 Å². The van der Waals surface area contributed by atoms with Gasteiger partial charge in [-0.05, 0) is 31.6 Å². The number of likely N-dealkylation sites (tertiary alicyclic amines) is 1. The smallest absolute Gasteiger partial charge is 0.223 e. The minimum Gasteiger partial charge on any atom is -0.393 e. The molecule has 102 valence electrons. The number of carbonyl (C=O) groups excluding carboxylic acids is 2. The lowest BCUT2D eigenvalue weighted by atomic mass is 9.82. The average Bonchev–Trinajstić information content (AvgIpc) is 2.33. The van der Waals surface area contributed by atoms with Crippen molar-refractivity contribution >= 4 is 11.8 Å². The molecule has 1 aliphatic carbocycles. The summed E-state index contributed by atoms with van der Waals surface area (Å²) in [5, 5.41) is 12.1. The van der Waals surface area contributed by atoms with Gasteiger partial charge in [-0.25, -0.2) is 0 Å². The maximum absolute atomic E-state index is 11.9. The molecule has 2 fully saturated rings. The molecule has 5 heteroatoms. The predicted octanol–water partition coefficient (Wildman–Crippen LogP) is 0.132. The molecule has 0 unspecified atom stereocenters. The summed E-state index contributed by atoms with van der Waals surface area (Å²) in [4.78, 5) is 24.9. The Balaban J connectivity index is 1.66. The number of aliphatic hydroxyl groups is 1. The molecule has 2 amide bonds. The van der Waals surface area contributed by atoms with Crippen molar-refractivity contribution in [2.75, 3.05) is 19.6 Å². The number of aliphatic hydroxyl groups excluding tert-OH is 1. The van der Waals surface area contributed by atoms with Crippen molar-refractivity contribution in [1.29, 1.82) is 0 Å². The van der Waals surface area contributed by atoms with Crippen molar-refractivity contribution in [2.24, 2.45) is 11.8 Å². The summed E-state index contributed by atoms with van der Waals surface area (Å²) in [6.07, 6.45) is 2.98. The van der Waals surface area contributed by atoms with Gasteiger partial charge in [-0.3, -0.25) is 9.59 Å². The second-order valence-electron chi connectivity index (χ2n) is 5.52. The predicted molar refractivity (Wildman–Crippen MR) is 66.7 cm³/mol. The highest BCUT2D eigenvalue weighted by molar-refractivity contribution is 5.79. The summed E-state index contributed by atoms with van der Waals surface area (Å²) in [6, 6.07) is 0. The fraction of sp³-hybridized carbons (Fsp3) is 0.846. The van der Waals surface area contributed by atoms with Crippen molar-refractivity contribution in [2.45, 2.75) is 38.7 Å². The Labute approximate surface area is 108 Å². The van der Waals surface area contributed by atoms with E-state index in [9.17, 15) is 9.59 Å². The Morgan fingerprint density at radius 2 is 1.89 bits per heavy atom. The van der Waals surface area contributed by atoms with E-state index >= 15 is 0 Å². The second kappa shape index (κ2) is 5.69. The molecule has 0 spiro atoms. The van der Waals surface area contributed by atoms with Gasteiger partial charge in [-0.1, -0.05) is 0 Å². The van der Waals surface area contributed by atoms with E-state index in [2.05, 4.69) is 5.32 Å². The van der Waals surface area contributed by atoms with Crippen molar-refractivity contribution < 1.29 is 14.7 Å². The molecular formula is C13H22N2O3. The van der Waals surface area contributed by atoms with E-state index in [1.54, 1.807) is 11.8 Å². The zero-order valence-corrected chi connectivity index (χ0v) is 10.9. The molecule has 2 N–H and O–H groups in total. The first-order valence-corrected chi connectivity index (χ1v) is 6.77. The molecule has 0 aromatic rings. The maximum Gasteiger partial charge on any atom is 0.223 e. The number of nitrogens with one attached hydrogen (secondary N) is 1. The molecule has 0 atom stereocenters. The Kier molecular flexibility index (Phi) is 4.22. The van der Waals surface area contributed by atoms with Crippen LogP contribution < -0.4 is 5.32 Å². The molecule has 1 saturated carbocycles. The maximum atomic E-state index is 11.9. The molecule has 18 heavy (non-hydrogen) atoms. The summed E-state index contributed by atoms with van der Waals surface area (Å²) < 4.78 is 0. The lowest BCUT2D eigenvalue weighted by molar-refractivity contribution is -0.134. The number of rotatable bonds is 3. The largest absolute Gasteiger partial charge is 0.393 e. The second-order valence-corrected chi connectivity index (χ2v) is 5.52. The highest BCUT2D eigenvalue weighted by Crippen LogP contribution is 2.26. The Bertz CT molecular complexity index is 318. The summed E-state index contributed by atoms with van der Waals surface area (Å²) in [5.41, 5.74) is 0. The van der Waals surface area contributed by atoms with Crippen molar-refractivity contribution in [3.8, 4) is 0 Å². The third-order valence-electron chi connectivity index (χ3n) is 4.09. The fourth-order valence-corrected chi connectivity index (χ4v) is 2.71. The van der Waals surface area contributed by atoms with Gasteiger partial charge in [0.1, 0.15) is 0 Å². The van der Waals surface area contributed by atoms with Crippen LogP contribution in [0.25, 0.3) is 0 Å². The van der Waals surface area contributed by atoms with Crippen LogP contribution >= 0.6 is 0 Å². The van der Waals surface area contributed by atoms with Crippen LogP contribution in [0.4, 0.5) is 0 Å². The van der Waals surface area contributed by atoms with Crippen LogP contribution in [-0.2, 0) is 9.59 Å². The molecule has 1 aliphatic heterocycles. The SMILES string of the molecule is CC(=O)N1CCC(C(=O)NCC2CC(O)C2)CC1. The molecule has 1 heterocycles. The van der Waals surface area contributed by atoms with Gasteiger partial charge in [0.25, 0.3) is 0 Å². The molecule has 2 aliphatic rings. The monoisotopic (exact) mass is 254 g/mol. The van der Waals surface area contributed by atoms with Crippen LogP contribution in [0.1, 0.15) is 32.6 Å². The summed E-state index contributed by atoms with van der Waals surface area (Å²) in [6.45, 7) is 3.64. The first kappa shape index (κ1) is 13.3. The zero-order valence-electron chi connectivity index (χ0n) is 10.9.